The molecule has 0 amide bonds. The summed E-state index contributed by atoms with van der Waals surface area (Å²) < 4.78 is 7.20. The van der Waals surface area contributed by atoms with Crippen LogP contribution in [0.1, 0.15) is 21.6 Å². The van der Waals surface area contributed by atoms with E-state index in [0.717, 1.165) is 39.6 Å². The van der Waals surface area contributed by atoms with Gasteiger partial charge in [-0.3, -0.25) is 9.36 Å². The summed E-state index contributed by atoms with van der Waals surface area (Å²) in [6.45, 7) is 4.05. The van der Waals surface area contributed by atoms with Gasteiger partial charge >= 0.3 is 0 Å². The maximum Gasteiger partial charge on any atom is 0.194 e. The molecule has 3 rings (SSSR count). The molecule has 0 radical (unpaired) electrons. The zero-order chi connectivity index (χ0) is 15.7. The molecule has 0 aliphatic rings. The van der Waals surface area contributed by atoms with Crippen LogP contribution in [0.5, 0.6) is 5.75 Å². The van der Waals surface area contributed by atoms with Crippen LogP contribution >= 0.6 is 11.3 Å². The minimum absolute atomic E-state index is 0.600. The molecule has 0 N–H and O–H groups in total. The first-order chi connectivity index (χ1) is 10.6. The summed E-state index contributed by atoms with van der Waals surface area (Å²) in [5.74, 6) is 0.910. The van der Waals surface area contributed by atoms with E-state index < -0.39 is 0 Å². The summed E-state index contributed by atoms with van der Waals surface area (Å²) >= 11 is 1.52. The standard InChI is InChI=1S/C17H16N2O2S/c1-11-7-13(8-12(2)16(11)21-3)15-10-22-17(18-15)19-6-4-5-14(19)9-20/h4-10H,1-3H3. The number of aldehydes is 1. The van der Waals surface area contributed by atoms with Crippen LogP contribution in [0.15, 0.2) is 35.8 Å². The fraction of sp³-hybridized carbons (Fsp3) is 0.176. The highest BCUT2D eigenvalue weighted by Gasteiger charge is 2.11. The van der Waals surface area contributed by atoms with Crippen LogP contribution in [0.25, 0.3) is 16.4 Å². The molecule has 2 aromatic heterocycles. The van der Waals surface area contributed by atoms with Crippen LogP contribution in [-0.2, 0) is 0 Å². The van der Waals surface area contributed by atoms with E-state index in [1.165, 1.54) is 11.3 Å². The van der Waals surface area contributed by atoms with Gasteiger partial charge in [0.15, 0.2) is 11.4 Å². The third-order valence-corrected chi connectivity index (χ3v) is 4.40. The van der Waals surface area contributed by atoms with Crippen molar-refractivity contribution in [3.63, 3.8) is 0 Å². The second-order valence-corrected chi connectivity index (χ2v) is 5.92. The van der Waals surface area contributed by atoms with E-state index in [9.17, 15) is 4.79 Å². The van der Waals surface area contributed by atoms with E-state index in [-0.39, 0.29) is 0 Å². The van der Waals surface area contributed by atoms with Crippen LogP contribution in [0.3, 0.4) is 0 Å². The molecule has 112 valence electrons. The van der Waals surface area contributed by atoms with E-state index in [0.29, 0.717) is 5.69 Å². The maximum absolute atomic E-state index is 11.0. The first kappa shape index (κ1) is 14.5. The zero-order valence-electron chi connectivity index (χ0n) is 12.7. The van der Waals surface area contributed by atoms with Crippen molar-refractivity contribution in [1.82, 2.24) is 9.55 Å². The fourth-order valence-corrected chi connectivity index (χ4v) is 3.43. The molecule has 0 saturated carbocycles. The number of methoxy groups -OCH3 is 1. The Morgan fingerprint density at radius 3 is 2.64 bits per heavy atom. The van der Waals surface area contributed by atoms with Gasteiger partial charge in [-0.15, -0.1) is 11.3 Å². The predicted molar refractivity (Wildman–Crippen MR) is 88.3 cm³/mol. The molecule has 5 heteroatoms. The van der Waals surface area contributed by atoms with Crippen LogP contribution in [0.2, 0.25) is 0 Å². The van der Waals surface area contributed by atoms with Gasteiger partial charge in [0.05, 0.1) is 18.5 Å². The third kappa shape index (κ3) is 2.44. The molecule has 3 aromatic rings. The number of aryl methyl sites for hydroxylation is 2. The second kappa shape index (κ2) is 5.77. The number of thiazole rings is 1. The topological polar surface area (TPSA) is 44.1 Å². The molecule has 0 aliphatic heterocycles. The summed E-state index contributed by atoms with van der Waals surface area (Å²) in [5, 5.41) is 2.79. The largest absolute Gasteiger partial charge is 0.496 e. The molecule has 0 spiro atoms. The molecule has 2 heterocycles. The highest BCUT2D eigenvalue weighted by atomic mass is 32.1. The molecule has 4 nitrogen and oxygen atoms in total. The number of carbonyl (C=O) groups is 1. The van der Waals surface area contributed by atoms with Crippen molar-refractivity contribution in [2.75, 3.05) is 7.11 Å². The summed E-state index contributed by atoms with van der Waals surface area (Å²) in [4.78, 5) is 15.7. The Hall–Kier alpha value is -2.40. The molecule has 0 unspecified atom stereocenters. The van der Waals surface area contributed by atoms with E-state index >= 15 is 0 Å². The Morgan fingerprint density at radius 1 is 1.27 bits per heavy atom. The molecule has 0 fully saturated rings. The van der Waals surface area contributed by atoms with Gasteiger partial charge in [-0.25, -0.2) is 4.98 Å². The summed E-state index contributed by atoms with van der Waals surface area (Å²) in [5.41, 5.74) is 4.73. The number of hydrogen-bond acceptors (Lipinski definition) is 4. The molecule has 0 atom stereocenters. The van der Waals surface area contributed by atoms with E-state index in [1.807, 2.05) is 31.5 Å². The number of nitrogens with zero attached hydrogens (tertiary/aromatic N) is 2. The van der Waals surface area contributed by atoms with Crippen molar-refractivity contribution in [2.24, 2.45) is 0 Å². The van der Waals surface area contributed by atoms with Gasteiger partial charge in [-0.05, 0) is 49.2 Å². The Labute approximate surface area is 133 Å². The number of benzene rings is 1. The lowest BCUT2D eigenvalue weighted by Crippen LogP contribution is -1.97. The number of aromatic nitrogens is 2. The van der Waals surface area contributed by atoms with Gasteiger partial charge in [-0.2, -0.15) is 0 Å². The van der Waals surface area contributed by atoms with Crippen molar-refractivity contribution < 1.29 is 9.53 Å². The van der Waals surface area contributed by atoms with Gasteiger partial charge in [0.2, 0.25) is 0 Å². The first-order valence-corrected chi connectivity index (χ1v) is 7.76. The Bertz CT molecular complexity index is 810. The van der Waals surface area contributed by atoms with Gasteiger partial charge in [0.25, 0.3) is 0 Å². The van der Waals surface area contributed by atoms with Gasteiger partial charge in [0, 0.05) is 17.1 Å². The van der Waals surface area contributed by atoms with Crippen LogP contribution < -0.4 is 4.74 Å². The predicted octanol–water partition coefficient (Wildman–Crippen LogP) is 4.04. The van der Waals surface area contributed by atoms with Gasteiger partial charge in [-0.1, -0.05) is 0 Å². The zero-order valence-corrected chi connectivity index (χ0v) is 13.5. The summed E-state index contributed by atoms with van der Waals surface area (Å²) in [7, 11) is 1.68. The number of ether oxygens (including phenoxy) is 1. The third-order valence-electron chi connectivity index (χ3n) is 3.56. The Balaban J connectivity index is 2.03. The molecule has 0 bridgehead atoms. The van der Waals surface area contributed by atoms with Crippen molar-refractivity contribution in [3.05, 3.63) is 52.7 Å². The number of carbonyl (C=O) groups excluding carboxylic acids is 1. The monoisotopic (exact) mass is 312 g/mol. The lowest BCUT2D eigenvalue weighted by molar-refractivity contribution is 0.111. The Morgan fingerprint density at radius 2 is 2.00 bits per heavy atom. The molecular weight excluding hydrogens is 296 g/mol. The summed E-state index contributed by atoms with van der Waals surface area (Å²) in [6, 6.07) is 7.75. The van der Waals surface area contributed by atoms with E-state index in [2.05, 4.69) is 17.1 Å². The smallest absolute Gasteiger partial charge is 0.194 e. The van der Waals surface area contributed by atoms with Crippen molar-refractivity contribution >= 4 is 17.6 Å². The van der Waals surface area contributed by atoms with Gasteiger partial charge < -0.3 is 4.74 Å². The van der Waals surface area contributed by atoms with Crippen LogP contribution in [-0.4, -0.2) is 22.9 Å². The average Bonchev–Trinajstić information content (AvgIpc) is 3.15. The van der Waals surface area contributed by atoms with Gasteiger partial charge in [0.1, 0.15) is 5.75 Å². The van der Waals surface area contributed by atoms with Crippen LogP contribution in [0.4, 0.5) is 0 Å². The Kier molecular flexibility index (Phi) is 3.81. The van der Waals surface area contributed by atoms with Crippen molar-refractivity contribution in [2.45, 2.75) is 13.8 Å². The molecule has 22 heavy (non-hydrogen) atoms. The molecule has 0 saturated heterocycles. The van der Waals surface area contributed by atoms with Crippen molar-refractivity contribution in [1.29, 1.82) is 0 Å². The second-order valence-electron chi connectivity index (χ2n) is 5.08. The fourth-order valence-electron chi connectivity index (χ4n) is 2.59. The quantitative estimate of drug-likeness (QED) is 0.683. The van der Waals surface area contributed by atoms with E-state index in [1.54, 1.807) is 17.7 Å². The highest BCUT2D eigenvalue weighted by molar-refractivity contribution is 7.12. The normalized spacial score (nSPS) is 10.7. The SMILES string of the molecule is COc1c(C)cc(-c2csc(-n3cccc3C=O)n2)cc1C. The average molecular weight is 312 g/mol. The lowest BCUT2D eigenvalue weighted by Gasteiger charge is -2.10. The van der Waals surface area contributed by atoms with E-state index in [4.69, 9.17) is 4.74 Å². The minimum atomic E-state index is 0.600. The number of rotatable bonds is 4. The number of hydrogen-bond donors (Lipinski definition) is 0. The summed E-state index contributed by atoms with van der Waals surface area (Å²) in [6.07, 6.45) is 2.68. The highest BCUT2D eigenvalue weighted by Crippen LogP contribution is 2.31. The lowest BCUT2D eigenvalue weighted by atomic mass is 10.0. The molecule has 0 aliphatic carbocycles. The maximum atomic E-state index is 11.0. The molecular formula is C17H16N2O2S. The molecule has 1 aromatic carbocycles. The van der Waals surface area contributed by atoms with Crippen molar-refractivity contribution in [3.8, 4) is 22.1 Å². The first-order valence-electron chi connectivity index (χ1n) is 6.88. The van der Waals surface area contributed by atoms with Crippen LogP contribution in [0, 0.1) is 13.8 Å². The minimum Gasteiger partial charge on any atom is -0.496 e.